The van der Waals surface area contributed by atoms with E-state index in [0.29, 0.717) is 13.1 Å². The number of carboxylic acids is 1. The zero-order valence-electron chi connectivity index (χ0n) is 18.7. The lowest BCUT2D eigenvalue weighted by molar-refractivity contribution is 0.0696. The van der Waals surface area contributed by atoms with Crippen LogP contribution in [0, 0.1) is 12.7 Å². The van der Waals surface area contributed by atoms with Crippen molar-refractivity contribution in [2.75, 3.05) is 33.2 Å². The highest BCUT2D eigenvalue weighted by Crippen LogP contribution is 2.48. The molecule has 0 aliphatic carbocycles. The number of benzene rings is 2. The van der Waals surface area contributed by atoms with Crippen LogP contribution in [0.3, 0.4) is 0 Å². The van der Waals surface area contributed by atoms with Gasteiger partial charge in [-0.1, -0.05) is 11.6 Å². The second-order valence-corrected chi connectivity index (χ2v) is 9.02. The third-order valence-corrected chi connectivity index (χ3v) is 6.89. The zero-order chi connectivity index (χ0) is 24.1. The number of carboxylic acid groups (broad SMARTS) is 1. The molecule has 3 heterocycles. The number of carbonyl (C=O) groups is 1. The Morgan fingerprint density at radius 1 is 1.15 bits per heavy atom. The van der Waals surface area contributed by atoms with E-state index in [4.69, 9.17) is 16.0 Å². The van der Waals surface area contributed by atoms with Gasteiger partial charge in [-0.2, -0.15) is 0 Å². The number of aryl methyl sites for hydroxylation is 1. The third-order valence-electron chi connectivity index (χ3n) is 6.60. The minimum atomic E-state index is -1.18. The highest BCUT2D eigenvalue weighted by Gasteiger charge is 2.35. The van der Waals surface area contributed by atoms with Crippen molar-refractivity contribution in [2.24, 2.45) is 0 Å². The number of phenolic OH excluding ortho intramolecular Hbond substituents is 1. The van der Waals surface area contributed by atoms with Crippen LogP contribution < -0.4 is 0 Å². The molecule has 1 fully saturated rings. The van der Waals surface area contributed by atoms with Crippen molar-refractivity contribution in [3.63, 3.8) is 0 Å². The molecule has 1 unspecified atom stereocenters. The Hall–Kier alpha value is -3.20. The summed E-state index contributed by atoms with van der Waals surface area (Å²) in [7, 11) is 2.03. The summed E-state index contributed by atoms with van der Waals surface area (Å²) in [5, 5.41) is 22.0. The van der Waals surface area contributed by atoms with E-state index in [9.17, 15) is 15.0 Å². The predicted octanol–water partition coefficient (Wildman–Crippen LogP) is 4.82. The summed E-state index contributed by atoms with van der Waals surface area (Å²) in [6, 6.07) is 5.99. The number of furan rings is 1. The molecule has 1 aliphatic heterocycles. The molecule has 0 radical (unpaired) electrons. The second kappa shape index (κ2) is 8.54. The molecular formula is C25H23ClFN3O4. The van der Waals surface area contributed by atoms with Crippen LogP contribution in [0.5, 0.6) is 5.75 Å². The van der Waals surface area contributed by atoms with Crippen molar-refractivity contribution in [1.82, 2.24) is 14.8 Å². The number of halogens is 2. The molecule has 1 aliphatic rings. The summed E-state index contributed by atoms with van der Waals surface area (Å²) in [5.74, 6) is -2.13. The van der Waals surface area contributed by atoms with Crippen LogP contribution in [-0.2, 0) is 0 Å². The molecule has 2 aromatic carbocycles. The molecule has 1 saturated heterocycles. The molecule has 0 spiro atoms. The van der Waals surface area contributed by atoms with Gasteiger partial charge in [0.25, 0.3) is 0 Å². The number of pyridine rings is 1. The van der Waals surface area contributed by atoms with Gasteiger partial charge in [0.05, 0.1) is 16.5 Å². The molecule has 5 rings (SSSR count). The van der Waals surface area contributed by atoms with Crippen molar-refractivity contribution < 1.29 is 23.8 Å². The lowest BCUT2D eigenvalue weighted by atomic mass is 9.88. The van der Waals surface area contributed by atoms with Gasteiger partial charge in [-0.05, 0) is 43.8 Å². The van der Waals surface area contributed by atoms with Gasteiger partial charge in [-0.25, -0.2) is 9.18 Å². The van der Waals surface area contributed by atoms with Crippen LogP contribution in [-0.4, -0.2) is 64.2 Å². The number of piperazine rings is 1. The van der Waals surface area contributed by atoms with E-state index in [1.807, 2.05) is 19.2 Å². The molecule has 0 saturated carbocycles. The zero-order valence-corrected chi connectivity index (χ0v) is 19.4. The van der Waals surface area contributed by atoms with Crippen molar-refractivity contribution in [3.8, 4) is 5.75 Å². The SMILES string of the molecule is Cc1oc2c(c1C(=O)O)c(C(c1ccncc1)N1CCN(C)CC1)c(O)c1c(F)c(Cl)ccc12. The maximum absolute atomic E-state index is 15.3. The van der Waals surface area contributed by atoms with Crippen molar-refractivity contribution in [2.45, 2.75) is 13.0 Å². The standard InChI is InChI=1S/C25H23ClFN3O4/c1-13-17(25(32)33)19-20(23(31)18-15(24(19)34-13)3-4-16(26)21(18)27)22(14-5-7-28-8-6-14)30-11-9-29(2)10-12-30/h3-8,22,31H,9-12H2,1-2H3,(H,32,33). The van der Waals surface area contributed by atoms with Gasteiger partial charge in [-0.15, -0.1) is 0 Å². The molecule has 9 heteroatoms. The molecule has 176 valence electrons. The van der Waals surface area contributed by atoms with Crippen molar-refractivity contribution in [3.05, 3.63) is 69.9 Å². The van der Waals surface area contributed by atoms with Crippen LogP contribution in [0.15, 0.2) is 41.1 Å². The van der Waals surface area contributed by atoms with Gasteiger partial charge in [0.2, 0.25) is 0 Å². The van der Waals surface area contributed by atoms with Gasteiger partial charge in [0.1, 0.15) is 22.7 Å². The maximum Gasteiger partial charge on any atom is 0.339 e. The van der Waals surface area contributed by atoms with Crippen molar-refractivity contribution >= 4 is 39.3 Å². The number of hydrogen-bond acceptors (Lipinski definition) is 6. The summed E-state index contributed by atoms with van der Waals surface area (Å²) in [6.45, 7) is 4.46. The molecule has 0 amide bonds. The number of aromatic nitrogens is 1. The topological polar surface area (TPSA) is 90.0 Å². The number of likely N-dealkylation sites (N-methyl/N-ethyl adjacent to an activating group) is 1. The largest absolute Gasteiger partial charge is 0.507 e. The summed E-state index contributed by atoms with van der Waals surface area (Å²) in [5.41, 5.74) is 1.24. The average molecular weight is 484 g/mol. The second-order valence-electron chi connectivity index (χ2n) is 8.61. The number of aromatic carboxylic acids is 1. The Labute approximate surface area is 200 Å². The van der Waals surface area contributed by atoms with Crippen LogP contribution in [0.4, 0.5) is 4.39 Å². The highest BCUT2D eigenvalue weighted by molar-refractivity contribution is 6.32. The van der Waals surface area contributed by atoms with Gasteiger partial charge in [0.15, 0.2) is 5.82 Å². The summed E-state index contributed by atoms with van der Waals surface area (Å²) in [6.07, 6.45) is 3.29. The van der Waals surface area contributed by atoms with E-state index >= 15 is 4.39 Å². The molecule has 2 N–H and O–H groups in total. The van der Waals surface area contributed by atoms with Crippen LogP contribution in [0.1, 0.15) is 33.3 Å². The minimum Gasteiger partial charge on any atom is -0.507 e. The molecular weight excluding hydrogens is 461 g/mol. The molecule has 34 heavy (non-hydrogen) atoms. The fourth-order valence-corrected chi connectivity index (χ4v) is 5.08. The Balaban J connectivity index is 1.93. The first-order valence-electron chi connectivity index (χ1n) is 10.9. The third kappa shape index (κ3) is 3.50. The number of hydrogen-bond donors (Lipinski definition) is 2. The smallest absolute Gasteiger partial charge is 0.339 e. The fraction of sp³-hybridized carbons (Fsp3) is 0.280. The number of nitrogens with zero attached hydrogens (tertiary/aromatic N) is 3. The van der Waals surface area contributed by atoms with E-state index in [-0.39, 0.29) is 49.4 Å². The van der Waals surface area contributed by atoms with E-state index in [2.05, 4.69) is 14.8 Å². The monoisotopic (exact) mass is 483 g/mol. The predicted molar refractivity (Wildman–Crippen MR) is 127 cm³/mol. The minimum absolute atomic E-state index is 0.0502. The van der Waals surface area contributed by atoms with E-state index in [0.717, 1.165) is 18.7 Å². The Morgan fingerprint density at radius 2 is 1.82 bits per heavy atom. The van der Waals surface area contributed by atoms with Gasteiger partial charge >= 0.3 is 5.97 Å². The van der Waals surface area contributed by atoms with Gasteiger partial charge < -0.3 is 19.5 Å². The number of aromatic hydroxyl groups is 1. The molecule has 7 nitrogen and oxygen atoms in total. The van der Waals surface area contributed by atoms with Gasteiger partial charge in [-0.3, -0.25) is 9.88 Å². The first kappa shape index (κ1) is 22.6. The van der Waals surface area contributed by atoms with Gasteiger partial charge in [0, 0.05) is 54.9 Å². The summed E-state index contributed by atoms with van der Waals surface area (Å²) >= 11 is 6.08. The van der Waals surface area contributed by atoms with Crippen LogP contribution in [0.25, 0.3) is 21.7 Å². The first-order chi connectivity index (χ1) is 16.3. The quantitative estimate of drug-likeness (QED) is 0.430. The van der Waals surface area contributed by atoms with E-state index < -0.39 is 17.8 Å². The Kier molecular flexibility index (Phi) is 5.67. The number of phenols is 1. The lowest BCUT2D eigenvalue weighted by Crippen LogP contribution is -2.46. The lowest BCUT2D eigenvalue weighted by Gasteiger charge is -2.39. The van der Waals surface area contributed by atoms with Crippen molar-refractivity contribution in [1.29, 1.82) is 0 Å². The Morgan fingerprint density at radius 3 is 2.47 bits per heavy atom. The highest BCUT2D eigenvalue weighted by atomic mass is 35.5. The first-order valence-corrected chi connectivity index (χ1v) is 11.3. The van der Waals surface area contributed by atoms with E-state index in [1.54, 1.807) is 25.4 Å². The maximum atomic E-state index is 15.3. The summed E-state index contributed by atoms with van der Waals surface area (Å²) in [4.78, 5) is 20.8. The molecule has 2 aromatic heterocycles. The molecule has 1 atom stereocenters. The average Bonchev–Trinajstić information content (AvgIpc) is 3.17. The molecule has 0 bridgehead atoms. The van der Waals surface area contributed by atoms with Crippen LogP contribution >= 0.6 is 11.6 Å². The molecule has 4 aromatic rings. The fourth-order valence-electron chi connectivity index (χ4n) is 4.93. The van der Waals surface area contributed by atoms with E-state index in [1.165, 1.54) is 6.07 Å². The van der Waals surface area contributed by atoms with Crippen LogP contribution in [0.2, 0.25) is 5.02 Å². The number of rotatable bonds is 4. The number of fused-ring (bicyclic) bond motifs is 3. The normalized spacial score (nSPS) is 16.4. The summed E-state index contributed by atoms with van der Waals surface area (Å²) < 4.78 is 21.2. The Bertz CT molecular complexity index is 1410.